The Balaban J connectivity index is 2.07. The van der Waals surface area contributed by atoms with Crippen molar-refractivity contribution in [3.63, 3.8) is 0 Å². The highest BCUT2D eigenvalue weighted by Crippen LogP contribution is 2.26. The van der Waals surface area contributed by atoms with Crippen molar-refractivity contribution in [1.29, 1.82) is 0 Å². The Bertz CT molecular complexity index is 517. The van der Waals surface area contributed by atoms with Crippen molar-refractivity contribution in [2.24, 2.45) is 5.92 Å². The summed E-state index contributed by atoms with van der Waals surface area (Å²) in [6.07, 6.45) is 4.37. The summed E-state index contributed by atoms with van der Waals surface area (Å²) in [5, 5.41) is 3.00. The normalized spacial score (nSPS) is 18.1. The minimum absolute atomic E-state index is 0.394. The van der Waals surface area contributed by atoms with Gasteiger partial charge in [0.1, 0.15) is 0 Å². The molecular formula is C15H24N2O2S. The average molecular weight is 296 g/mol. The number of anilines is 1. The second-order valence-electron chi connectivity index (χ2n) is 5.41. The molecule has 0 aromatic heterocycles. The molecule has 2 rings (SSSR count). The standard InChI is InChI=1S/C15H24N2O2S/c1-3-4-13-9-11-17(12-10-13)20(18,19)15-7-5-14(16-2)6-8-15/h5-8,13,16H,3-4,9-12H2,1-2H3. The maximum atomic E-state index is 12.6. The fourth-order valence-electron chi connectivity index (χ4n) is 2.79. The van der Waals surface area contributed by atoms with Crippen LogP contribution in [0.2, 0.25) is 0 Å². The summed E-state index contributed by atoms with van der Waals surface area (Å²) in [4.78, 5) is 0.394. The molecule has 0 amide bonds. The van der Waals surface area contributed by atoms with Gasteiger partial charge in [-0.2, -0.15) is 4.31 Å². The monoisotopic (exact) mass is 296 g/mol. The molecule has 0 atom stereocenters. The van der Waals surface area contributed by atoms with Gasteiger partial charge in [0.05, 0.1) is 4.90 Å². The number of piperidine rings is 1. The van der Waals surface area contributed by atoms with E-state index in [0.29, 0.717) is 23.9 Å². The number of sulfonamides is 1. The molecule has 1 aliphatic rings. The lowest BCUT2D eigenvalue weighted by atomic mass is 9.94. The fraction of sp³-hybridized carbons (Fsp3) is 0.600. The van der Waals surface area contributed by atoms with E-state index >= 15 is 0 Å². The van der Waals surface area contributed by atoms with E-state index in [0.717, 1.165) is 18.5 Å². The van der Waals surface area contributed by atoms with E-state index in [1.54, 1.807) is 28.6 Å². The van der Waals surface area contributed by atoms with Gasteiger partial charge in [-0.05, 0) is 43.0 Å². The summed E-state index contributed by atoms with van der Waals surface area (Å²) in [5.74, 6) is 0.693. The summed E-state index contributed by atoms with van der Waals surface area (Å²) >= 11 is 0. The van der Waals surface area contributed by atoms with Crippen LogP contribution in [0, 0.1) is 5.92 Å². The predicted octanol–water partition coefficient (Wildman–Crippen LogP) is 2.93. The molecule has 0 radical (unpaired) electrons. The second-order valence-corrected chi connectivity index (χ2v) is 7.35. The molecule has 4 nitrogen and oxygen atoms in total. The van der Waals surface area contributed by atoms with Crippen molar-refractivity contribution in [3.8, 4) is 0 Å². The van der Waals surface area contributed by atoms with E-state index in [9.17, 15) is 8.42 Å². The first-order valence-electron chi connectivity index (χ1n) is 7.36. The lowest BCUT2D eigenvalue weighted by Crippen LogP contribution is -2.38. The molecule has 1 aromatic carbocycles. The molecule has 1 aromatic rings. The number of nitrogens with one attached hydrogen (secondary N) is 1. The molecule has 1 fully saturated rings. The minimum Gasteiger partial charge on any atom is -0.388 e. The summed E-state index contributed by atoms with van der Waals surface area (Å²) in [5.41, 5.74) is 0.922. The third-order valence-electron chi connectivity index (χ3n) is 4.05. The maximum absolute atomic E-state index is 12.6. The SMILES string of the molecule is CCCC1CCN(S(=O)(=O)c2ccc(NC)cc2)CC1. The van der Waals surface area contributed by atoms with Crippen molar-refractivity contribution < 1.29 is 8.42 Å². The van der Waals surface area contributed by atoms with Gasteiger partial charge in [-0.25, -0.2) is 8.42 Å². The van der Waals surface area contributed by atoms with Crippen molar-refractivity contribution in [1.82, 2.24) is 4.31 Å². The first-order chi connectivity index (χ1) is 9.57. The number of hydrogen-bond acceptors (Lipinski definition) is 3. The van der Waals surface area contributed by atoms with E-state index in [-0.39, 0.29) is 0 Å². The molecule has 112 valence electrons. The highest BCUT2D eigenvalue weighted by atomic mass is 32.2. The minimum atomic E-state index is -3.32. The number of rotatable bonds is 5. The molecule has 5 heteroatoms. The molecule has 1 aliphatic heterocycles. The largest absolute Gasteiger partial charge is 0.388 e. The van der Waals surface area contributed by atoms with E-state index < -0.39 is 10.0 Å². The first-order valence-corrected chi connectivity index (χ1v) is 8.80. The average Bonchev–Trinajstić information content (AvgIpc) is 2.48. The molecule has 1 N–H and O–H groups in total. The Labute approximate surface area is 122 Å². The molecule has 20 heavy (non-hydrogen) atoms. The van der Waals surface area contributed by atoms with Gasteiger partial charge in [0, 0.05) is 25.8 Å². The molecule has 1 heterocycles. The summed E-state index contributed by atoms with van der Waals surface area (Å²) < 4.78 is 26.7. The topological polar surface area (TPSA) is 49.4 Å². The van der Waals surface area contributed by atoms with Gasteiger partial charge in [0.2, 0.25) is 10.0 Å². The first kappa shape index (κ1) is 15.3. The summed E-state index contributed by atoms with van der Waals surface area (Å²) in [6.45, 7) is 3.49. The highest BCUT2D eigenvalue weighted by molar-refractivity contribution is 7.89. The van der Waals surface area contributed by atoms with Gasteiger partial charge in [0.25, 0.3) is 0 Å². The van der Waals surface area contributed by atoms with Crippen LogP contribution in [0.15, 0.2) is 29.2 Å². The molecule has 0 saturated carbocycles. The van der Waals surface area contributed by atoms with Crippen molar-refractivity contribution in [2.75, 3.05) is 25.5 Å². The zero-order valence-electron chi connectivity index (χ0n) is 12.3. The second kappa shape index (κ2) is 6.59. The quantitative estimate of drug-likeness (QED) is 0.909. The van der Waals surface area contributed by atoms with Crippen LogP contribution < -0.4 is 5.32 Å². The molecule has 0 bridgehead atoms. The Morgan fingerprint density at radius 3 is 2.30 bits per heavy atom. The van der Waals surface area contributed by atoms with Crippen LogP contribution in [-0.2, 0) is 10.0 Å². The third-order valence-corrected chi connectivity index (χ3v) is 5.96. The van der Waals surface area contributed by atoms with Crippen LogP contribution in [0.25, 0.3) is 0 Å². The lowest BCUT2D eigenvalue weighted by Gasteiger charge is -2.31. The van der Waals surface area contributed by atoms with Gasteiger partial charge in [-0.1, -0.05) is 19.8 Å². The summed E-state index contributed by atoms with van der Waals surface area (Å²) in [6, 6.07) is 6.96. The number of nitrogens with zero attached hydrogens (tertiary/aromatic N) is 1. The van der Waals surface area contributed by atoms with Crippen LogP contribution in [-0.4, -0.2) is 32.9 Å². The van der Waals surface area contributed by atoms with E-state index in [4.69, 9.17) is 0 Å². The highest BCUT2D eigenvalue weighted by Gasteiger charge is 2.28. The molecule has 0 spiro atoms. The van der Waals surface area contributed by atoms with Crippen LogP contribution in [0.4, 0.5) is 5.69 Å². The van der Waals surface area contributed by atoms with Crippen molar-refractivity contribution >= 4 is 15.7 Å². The van der Waals surface area contributed by atoms with Crippen molar-refractivity contribution in [2.45, 2.75) is 37.5 Å². The van der Waals surface area contributed by atoms with Gasteiger partial charge >= 0.3 is 0 Å². The zero-order chi connectivity index (χ0) is 14.6. The maximum Gasteiger partial charge on any atom is 0.243 e. The van der Waals surface area contributed by atoms with Gasteiger partial charge < -0.3 is 5.32 Å². The Morgan fingerprint density at radius 1 is 1.20 bits per heavy atom. The molecule has 0 unspecified atom stereocenters. The Hall–Kier alpha value is -1.07. The number of hydrogen-bond donors (Lipinski definition) is 1. The lowest BCUT2D eigenvalue weighted by molar-refractivity contribution is 0.262. The van der Waals surface area contributed by atoms with Gasteiger partial charge in [-0.3, -0.25) is 0 Å². The molecule has 0 aliphatic carbocycles. The van der Waals surface area contributed by atoms with Crippen LogP contribution >= 0.6 is 0 Å². The number of benzene rings is 1. The zero-order valence-corrected chi connectivity index (χ0v) is 13.1. The molecule has 1 saturated heterocycles. The van der Waals surface area contributed by atoms with Gasteiger partial charge in [-0.15, -0.1) is 0 Å². The Morgan fingerprint density at radius 2 is 1.80 bits per heavy atom. The van der Waals surface area contributed by atoms with Crippen molar-refractivity contribution in [3.05, 3.63) is 24.3 Å². The van der Waals surface area contributed by atoms with Crippen LogP contribution in [0.5, 0.6) is 0 Å². The Kier molecular flexibility index (Phi) is 5.05. The third kappa shape index (κ3) is 3.33. The smallest absolute Gasteiger partial charge is 0.243 e. The predicted molar refractivity (Wildman–Crippen MR) is 82.4 cm³/mol. The van der Waals surface area contributed by atoms with E-state index in [2.05, 4.69) is 12.2 Å². The van der Waals surface area contributed by atoms with E-state index in [1.807, 2.05) is 7.05 Å². The molecular weight excluding hydrogens is 272 g/mol. The summed E-state index contributed by atoms with van der Waals surface area (Å²) in [7, 11) is -1.50. The van der Waals surface area contributed by atoms with Gasteiger partial charge in [0.15, 0.2) is 0 Å². The van der Waals surface area contributed by atoms with E-state index in [1.165, 1.54) is 12.8 Å². The van der Waals surface area contributed by atoms with Crippen LogP contribution in [0.3, 0.4) is 0 Å². The van der Waals surface area contributed by atoms with Crippen LogP contribution in [0.1, 0.15) is 32.6 Å². The fourth-order valence-corrected chi connectivity index (χ4v) is 4.26.